The Morgan fingerprint density at radius 2 is 2.05 bits per heavy atom. The van der Waals surface area contributed by atoms with Gasteiger partial charge in [0.25, 0.3) is 5.91 Å². The molecule has 1 amide bonds. The van der Waals surface area contributed by atoms with E-state index < -0.39 is 11.9 Å². The topological polar surface area (TPSA) is 73.7 Å². The minimum absolute atomic E-state index is 0.0275. The smallest absolute Gasteiger partial charge is 0.317 e. The summed E-state index contributed by atoms with van der Waals surface area (Å²) in [6, 6.07) is 4.11. The van der Waals surface area contributed by atoms with Crippen molar-refractivity contribution < 1.29 is 19.1 Å². The number of rotatable bonds is 3. The molecule has 1 aromatic heterocycles. The lowest BCUT2D eigenvalue weighted by atomic mass is 10.3. The fourth-order valence-electron chi connectivity index (χ4n) is 2.21. The average Bonchev–Trinajstić information content (AvgIpc) is 2.63. The first-order chi connectivity index (χ1) is 9.56. The second kappa shape index (κ2) is 6.42. The molecule has 1 aliphatic rings. The lowest BCUT2D eigenvalue weighted by molar-refractivity contribution is -0.138. The first-order valence-electron chi connectivity index (χ1n) is 6.42. The van der Waals surface area contributed by atoms with Gasteiger partial charge in [-0.15, -0.1) is 0 Å². The van der Waals surface area contributed by atoms with Crippen LogP contribution in [0.5, 0.6) is 0 Å². The maximum absolute atomic E-state index is 13.0. The van der Waals surface area contributed by atoms with Gasteiger partial charge in [0, 0.05) is 26.2 Å². The Morgan fingerprint density at radius 3 is 2.75 bits per heavy atom. The highest BCUT2D eigenvalue weighted by atomic mass is 19.1. The molecule has 0 saturated carbocycles. The predicted octanol–water partition coefficient (Wildman–Crippen LogP) is 0.453. The van der Waals surface area contributed by atoms with Gasteiger partial charge in [-0.25, -0.2) is 4.98 Å². The number of halogens is 1. The molecule has 7 heteroatoms. The van der Waals surface area contributed by atoms with Gasteiger partial charge in [0.1, 0.15) is 5.69 Å². The van der Waals surface area contributed by atoms with Crippen LogP contribution in [-0.2, 0) is 4.79 Å². The summed E-state index contributed by atoms with van der Waals surface area (Å²) in [5.74, 6) is -1.88. The maximum Gasteiger partial charge on any atom is 0.317 e. The predicted molar refractivity (Wildman–Crippen MR) is 68.8 cm³/mol. The summed E-state index contributed by atoms with van der Waals surface area (Å²) in [5, 5.41) is 8.77. The number of aliphatic carboxylic acids is 1. The minimum atomic E-state index is -0.878. The molecule has 108 valence electrons. The quantitative estimate of drug-likeness (QED) is 0.814. The largest absolute Gasteiger partial charge is 0.480 e. The molecular formula is C13H16FN3O3. The van der Waals surface area contributed by atoms with Gasteiger partial charge < -0.3 is 10.0 Å². The van der Waals surface area contributed by atoms with E-state index in [4.69, 9.17) is 5.11 Å². The Labute approximate surface area is 115 Å². The summed E-state index contributed by atoms with van der Waals surface area (Å²) in [7, 11) is 0. The Kier molecular flexibility index (Phi) is 4.62. The summed E-state index contributed by atoms with van der Waals surface area (Å²) in [6.07, 6.45) is 0.689. The molecular weight excluding hydrogens is 265 g/mol. The molecule has 0 spiro atoms. The summed E-state index contributed by atoms with van der Waals surface area (Å²) < 4.78 is 13.0. The SMILES string of the molecule is O=C(O)CN1CCCN(C(=O)c2cccc(F)n2)CC1. The summed E-state index contributed by atoms with van der Waals surface area (Å²) in [6.45, 7) is 2.04. The third kappa shape index (κ3) is 3.74. The van der Waals surface area contributed by atoms with Gasteiger partial charge in [0.2, 0.25) is 5.95 Å². The molecule has 1 N–H and O–H groups in total. The molecule has 2 rings (SSSR count). The second-order valence-electron chi connectivity index (χ2n) is 4.66. The van der Waals surface area contributed by atoms with Crippen molar-refractivity contribution in [2.75, 3.05) is 32.7 Å². The van der Waals surface area contributed by atoms with E-state index in [1.807, 2.05) is 0 Å². The first-order valence-corrected chi connectivity index (χ1v) is 6.42. The Bertz CT molecular complexity index is 509. The van der Waals surface area contributed by atoms with Crippen molar-refractivity contribution in [3.8, 4) is 0 Å². The van der Waals surface area contributed by atoms with Crippen molar-refractivity contribution >= 4 is 11.9 Å². The fourth-order valence-corrected chi connectivity index (χ4v) is 2.21. The number of hydrogen-bond acceptors (Lipinski definition) is 4. The van der Waals surface area contributed by atoms with Crippen molar-refractivity contribution in [2.45, 2.75) is 6.42 Å². The Hall–Kier alpha value is -2.02. The second-order valence-corrected chi connectivity index (χ2v) is 4.66. The first kappa shape index (κ1) is 14.4. The van der Waals surface area contributed by atoms with Gasteiger partial charge in [-0.05, 0) is 18.6 Å². The van der Waals surface area contributed by atoms with E-state index >= 15 is 0 Å². The summed E-state index contributed by atoms with van der Waals surface area (Å²) in [4.78, 5) is 29.8. The van der Waals surface area contributed by atoms with Crippen LogP contribution >= 0.6 is 0 Å². The standard InChI is InChI=1S/C13H16FN3O3/c14-11-4-1-3-10(15-11)13(20)17-6-2-5-16(7-8-17)9-12(18)19/h1,3-4H,2,5-9H2,(H,18,19). The van der Waals surface area contributed by atoms with Gasteiger partial charge in [-0.2, -0.15) is 4.39 Å². The van der Waals surface area contributed by atoms with Gasteiger partial charge in [0.15, 0.2) is 0 Å². The van der Waals surface area contributed by atoms with E-state index in [1.54, 1.807) is 9.80 Å². The van der Waals surface area contributed by atoms with Crippen molar-refractivity contribution in [1.82, 2.24) is 14.8 Å². The van der Waals surface area contributed by atoms with E-state index in [0.29, 0.717) is 32.6 Å². The van der Waals surface area contributed by atoms with Crippen LogP contribution in [0, 0.1) is 5.95 Å². The van der Waals surface area contributed by atoms with Crippen LogP contribution in [0.2, 0.25) is 0 Å². The molecule has 20 heavy (non-hydrogen) atoms. The summed E-state index contributed by atoms with van der Waals surface area (Å²) >= 11 is 0. The van der Waals surface area contributed by atoms with Crippen LogP contribution in [0.4, 0.5) is 4.39 Å². The van der Waals surface area contributed by atoms with Crippen molar-refractivity contribution in [3.63, 3.8) is 0 Å². The molecule has 0 radical (unpaired) electrons. The van der Waals surface area contributed by atoms with E-state index in [0.717, 1.165) is 0 Å². The van der Waals surface area contributed by atoms with Crippen LogP contribution in [0.3, 0.4) is 0 Å². The monoisotopic (exact) mass is 281 g/mol. The van der Waals surface area contributed by atoms with Gasteiger partial charge >= 0.3 is 5.97 Å². The molecule has 1 saturated heterocycles. The van der Waals surface area contributed by atoms with Crippen LogP contribution in [-0.4, -0.2) is 64.5 Å². The van der Waals surface area contributed by atoms with Gasteiger partial charge in [-0.1, -0.05) is 6.07 Å². The maximum atomic E-state index is 13.0. The Morgan fingerprint density at radius 1 is 1.25 bits per heavy atom. The number of hydrogen-bond donors (Lipinski definition) is 1. The number of aromatic nitrogens is 1. The number of carboxylic acids is 1. The minimum Gasteiger partial charge on any atom is -0.480 e. The van der Waals surface area contributed by atoms with Crippen LogP contribution in [0.25, 0.3) is 0 Å². The van der Waals surface area contributed by atoms with E-state index in [1.165, 1.54) is 18.2 Å². The van der Waals surface area contributed by atoms with Crippen LogP contribution in [0.1, 0.15) is 16.9 Å². The van der Waals surface area contributed by atoms with Crippen molar-refractivity contribution in [3.05, 3.63) is 29.8 Å². The molecule has 0 bridgehead atoms. The zero-order chi connectivity index (χ0) is 14.5. The number of amides is 1. The van der Waals surface area contributed by atoms with E-state index in [2.05, 4.69) is 4.98 Å². The van der Waals surface area contributed by atoms with Crippen molar-refractivity contribution in [2.24, 2.45) is 0 Å². The number of carboxylic acid groups (broad SMARTS) is 1. The number of nitrogens with zero attached hydrogens (tertiary/aromatic N) is 3. The fraction of sp³-hybridized carbons (Fsp3) is 0.462. The van der Waals surface area contributed by atoms with E-state index in [9.17, 15) is 14.0 Å². The number of pyridine rings is 1. The molecule has 1 aromatic rings. The average molecular weight is 281 g/mol. The molecule has 2 heterocycles. The lowest BCUT2D eigenvalue weighted by Gasteiger charge is -2.20. The summed E-state index contributed by atoms with van der Waals surface area (Å²) in [5.41, 5.74) is 0.0803. The highest BCUT2D eigenvalue weighted by Crippen LogP contribution is 2.08. The third-order valence-electron chi connectivity index (χ3n) is 3.17. The number of carbonyl (C=O) groups is 2. The van der Waals surface area contributed by atoms with Crippen molar-refractivity contribution in [1.29, 1.82) is 0 Å². The van der Waals surface area contributed by atoms with Crippen LogP contribution in [0.15, 0.2) is 18.2 Å². The molecule has 0 aliphatic carbocycles. The Balaban J connectivity index is 1.99. The van der Waals surface area contributed by atoms with Gasteiger partial charge in [-0.3, -0.25) is 14.5 Å². The number of carbonyl (C=O) groups excluding carboxylic acids is 1. The zero-order valence-electron chi connectivity index (χ0n) is 11.0. The molecule has 6 nitrogen and oxygen atoms in total. The normalized spacial score (nSPS) is 16.8. The molecule has 0 atom stereocenters. The van der Waals surface area contributed by atoms with Crippen LogP contribution < -0.4 is 0 Å². The van der Waals surface area contributed by atoms with Gasteiger partial charge in [0.05, 0.1) is 6.54 Å². The zero-order valence-corrected chi connectivity index (χ0v) is 11.0. The highest BCUT2D eigenvalue weighted by Gasteiger charge is 2.22. The lowest BCUT2D eigenvalue weighted by Crippen LogP contribution is -2.37. The molecule has 1 fully saturated rings. The third-order valence-corrected chi connectivity index (χ3v) is 3.17. The van der Waals surface area contributed by atoms with E-state index in [-0.39, 0.29) is 18.1 Å². The highest BCUT2D eigenvalue weighted by molar-refractivity contribution is 5.92. The molecule has 0 aromatic carbocycles. The molecule has 1 aliphatic heterocycles. The molecule has 0 unspecified atom stereocenters.